The molecule has 148 valence electrons. The molecule has 0 saturated heterocycles. The Hall–Kier alpha value is -2.92. The first-order valence-electron chi connectivity index (χ1n) is 9.95. The first-order valence-corrected chi connectivity index (χ1v) is 10.8. The van der Waals surface area contributed by atoms with Crippen molar-refractivity contribution in [1.82, 2.24) is 9.97 Å². The van der Waals surface area contributed by atoms with Crippen LogP contribution in [0.2, 0.25) is 0 Å². The zero-order valence-electron chi connectivity index (χ0n) is 16.8. The molecule has 4 rings (SSSR count). The second-order valence-corrected chi connectivity index (χ2v) is 8.08. The minimum absolute atomic E-state index is 0.739. The summed E-state index contributed by atoms with van der Waals surface area (Å²) in [7, 11) is 1.69. The van der Waals surface area contributed by atoms with Gasteiger partial charge in [0.1, 0.15) is 22.2 Å². The van der Waals surface area contributed by atoms with E-state index in [0.29, 0.717) is 0 Å². The van der Waals surface area contributed by atoms with E-state index in [9.17, 15) is 0 Å². The van der Waals surface area contributed by atoms with Gasteiger partial charge in [-0.15, -0.1) is 11.3 Å². The van der Waals surface area contributed by atoms with Crippen molar-refractivity contribution < 1.29 is 4.74 Å². The lowest BCUT2D eigenvalue weighted by atomic mass is 10.1. The Kier molecular flexibility index (Phi) is 6.06. The van der Waals surface area contributed by atoms with Crippen LogP contribution in [0.1, 0.15) is 28.8 Å². The molecule has 0 amide bonds. The van der Waals surface area contributed by atoms with Crippen LogP contribution in [0, 0.1) is 0 Å². The SMILES string of the molecule is CCc1cc2c(NCCc3ccc(OC)cc3)nc(Cc3ccccc3)nc2s1. The number of ether oxygens (including phenoxy) is 1. The quantitative estimate of drug-likeness (QED) is 0.421. The van der Waals surface area contributed by atoms with Gasteiger partial charge in [-0.05, 0) is 42.2 Å². The van der Waals surface area contributed by atoms with Crippen molar-refractivity contribution in [2.45, 2.75) is 26.2 Å². The van der Waals surface area contributed by atoms with Crippen molar-refractivity contribution in [3.63, 3.8) is 0 Å². The van der Waals surface area contributed by atoms with Crippen LogP contribution in [-0.4, -0.2) is 23.6 Å². The molecule has 2 aromatic carbocycles. The van der Waals surface area contributed by atoms with Gasteiger partial charge in [0.15, 0.2) is 0 Å². The third-order valence-corrected chi connectivity index (χ3v) is 6.08. The molecule has 2 aromatic heterocycles. The second-order valence-electron chi connectivity index (χ2n) is 6.96. The molecule has 0 bridgehead atoms. The summed E-state index contributed by atoms with van der Waals surface area (Å²) < 4.78 is 5.23. The standard InChI is InChI=1S/C24H25N3OS/c1-3-20-16-21-23(25-14-13-17-9-11-19(28-2)12-10-17)26-22(27-24(21)29-20)15-18-7-5-4-6-8-18/h4-12,16H,3,13-15H2,1-2H3,(H,25,26,27). The van der Waals surface area contributed by atoms with E-state index >= 15 is 0 Å². The van der Waals surface area contributed by atoms with E-state index in [1.807, 2.05) is 18.2 Å². The second kappa shape index (κ2) is 9.05. The highest BCUT2D eigenvalue weighted by Crippen LogP contribution is 2.30. The number of hydrogen-bond donors (Lipinski definition) is 1. The van der Waals surface area contributed by atoms with Crippen molar-refractivity contribution in [2.75, 3.05) is 19.0 Å². The predicted octanol–water partition coefficient (Wildman–Crippen LogP) is 5.51. The summed E-state index contributed by atoms with van der Waals surface area (Å²) in [5.74, 6) is 2.68. The normalized spacial score (nSPS) is 11.0. The Bertz CT molecular complexity index is 1070. The van der Waals surface area contributed by atoms with Gasteiger partial charge < -0.3 is 10.1 Å². The van der Waals surface area contributed by atoms with E-state index in [1.54, 1.807) is 18.4 Å². The van der Waals surface area contributed by atoms with Crippen LogP contribution in [-0.2, 0) is 19.3 Å². The zero-order valence-corrected chi connectivity index (χ0v) is 17.6. The molecule has 0 aliphatic heterocycles. The van der Waals surface area contributed by atoms with Crippen LogP contribution in [0.3, 0.4) is 0 Å². The summed E-state index contributed by atoms with van der Waals surface area (Å²) in [6.45, 7) is 3.00. The van der Waals surface area contributed by atoms with Crippen LogP contribution in [0.5, 0.6) is 5.75 Å². The van der Waals surface area contributed by atoms with Crippen LogP contribution >= 0.6 is 11.3 Å². The molecule has 0 fully saturated rings. The highest BCUT2D eigenvalue weighted by atomic mass is 32.1. The molecule has 5 heteroatoms. The van der Waals surface area contributed by atoms with Gasteiger partial charge in [-0.1, -0.05) is 49.4 Å². The van der Waals surface area contributed by atoms with Crippen LogP contribution in [0.25, 0.3) is 10.2 Å². The van der Waals surface area contributed by atoms with E-state index in [-0.39, 0.29) is 0 Å². The van der Waals surface area contributed by atoms with Gasteiger partial charge in [-0.2, -0.15) is 0 Å². The molecule has 0 atom stereocenters. The van der Waals surface area contributed by atoms with E-state index in [4.69, 9.17) is 14.7 Å². The van der Waals surface area contributed by atoms with Crippen LogP contribution < -0.4 is 10.1 Å². The number of anilines is 1. The van der Waals surface area contributed by atoms with Crippen molar-refractivity contribution in [2.24, 2.45) is 0 Å². The van der Waals surface area contributed by atoms with Crippen molar-refractivity contribution >= 4 is 27.4 Å². The number of aryl methyl sites for hydroxylation is 1. The summed E-state index contributed by atoms with van der Waals surface area (Å²) in [5, 5.41) is 4.68. The van der Waals surface area contributed by atoms with Crippen molar-refractivity contribution in [1.29, 1.82) is 0 Å². The third kappa shape index (κ3) is 4.74. The van der Waals surface area contributed by atoms with Gasteiger partial charge in [0.05, 0.1) is 12.5 Å². The summed E-state index contributed by atoms with van der Waals surface area (Å²) in [6.07, 6.45) is 2.68. The van der Waals surface area contributed by atoms with E-state index in [2.05, 4.69) is 54.7 Å². The van der Waals surface area contributed by atoms with Crippen molar-refractivity contribution in [3.8, 4) is 5.75 Å². The smallest absolute Gasteiger partial charge is 0.138 e. The highest BCUT2D eigenvalue weighted by Gasteiger charge is 2.12. The number of aromatic nitrogens is 2. The maximum atomic E-state index is 5.23. The number of thiophene rings is 1. The molecule has 0 unspecified atom stereocenters. The molecular weight excluding hydrogens is 378 g/mol. The first kappa shape index (κ1) is 19.4. The Labute approximate surface area is 175 Å². The van der Waals surface area contributed by atoms with Gasteiger partial charge in [-0.25, -0.2) is 9.97 Å². The number of hydrogen-bond acceptors (Lipinski definition) is 5. The summed E-state index contributed by atoms with van der Waals surface area (Å²) in [5.41, 5.74) is 2.50. The number of rotatable bonds is 8. The van der Waals surface area contributed by atoms with E-state index in [0.717, 1.165) is 53.4 Å². The van der Waals surface area contributed by atoms with Gasteiger partial charge in [0.25, 0.3) is 0 Å². The molecule has 2 heterocycles. The monoisotopic (exact) mass is 403 g/mol. The summed E-state index contributed by atoms with van der Waals surface area (Å²) >= 11 is 1.77. The molecule has 29 heavy (non-hydrogen) atoms. The van der Waals surface area contributed by atoms with Gasteiger partial charge in [0, 0.05) is 17.8 Å². The van der Waals surface area contributed by atoms with Crippen LogP contribution in [0.4, 0.5) is 5.82 Å². The lowest BCUT2D eigenvalue weighted by molar-refractivity contribution is 0.414. The zero-order chi connectivity index (χ0) is 20.1. The molecule has 0 aliphatic rings. The minimum Gasteiger partial charge on any atom is -0.497 e. The van der Waals surface area contributed by atoms with Crippen LogP contribution in [0.15, 0.2) is 60.7 Å². The molecule has 0 aliphatic carbocycles. The molecular formula is C24H25N3OS. The first-order chi connectivity index (χ1) is 14.2. The average molecular weight is 404 g/mol. The van der Waals surface area contributed by atoms with Gasteiger partial charge in [0.2, 0.25) is 0 Å². The maximum absolute atomic E-state index is 5.23. The Balaban J connectivity index is 1.54. The highest BCUT2D eigenvalue weighted by molar-refractivity contribution is 7.18. The lowest BCUT2D eigenvalue weighted by Crippen LogP contribution is -2.09. The number of fused-ring (bicyclic) bond motifs is 1. The fraction of sp³-hybridized carbons (Fsp3) is 0.250. The molecule has 0 radical (unpaired) electrons. The molecule has 0 spiro atoms. The van der Waals surface area contributed by atoms with Gasteiger partial charge >= 0.3 is 0 Å². The molecule has 4 nitrogen and oxygen atoms in total. The Morgan fingerprint density at radius 1 is 0.966 bits per heavy atom. The third-order valence-electron chi connectivity index (χ3n) is 4.91. The van der Waals surface area contributed by atoms with E-state index < -0.39 is 0 Å². The Morgan fingerprint density at radius 3 is 2.48 bits per heavy atom. The fourth-order valence-electron chi connectivity index (χ4n) is 3.30. The lowest BCUT2D eigenvalue weighted by Gasteiger charge is -2.09. The number of nitrogens with one attached hydrogen (secondary N) is 1. The number of benzene rings is 2. The van der Waals surface area contributed by atoms with E-state index in [1.165, 1.54) is 16.0 Å². The molecule has 4 aromatic rings. The minimum atomic E-state index is 0.739. The van der Waals surface area contributed by atoms with Gasteiger partial charge in [-0.3, -0.25) is 0 Å². The summed E-state index contributed by atoms with van der Waals surface area (Å²) in [6, 6.07) is 20.8. The van der Waals surface area contributed by atoms with Crippen molar-refractivity contribution in [3.05, 3.63) is 82.5 Å². The number of methoxy groups -OCH3 is 1. The average Bonchev–Trinajstić information content (AvgIpc) is 3.18. The topological polar surface area (TPSA) is 47.0 Å². The largest absolute Gasteiger partial charge is 0.497 e. The Morgan fingerprint density at radius 2 is 1.76 bits per heavy atom. The number of nitrogens with zero attached hydrogens (tertiary/aromatic N) is 2. The summed E-state index contributed by atoms with van der Waals surface area (Å²) in [4.78, 5) is 12.1. The predicted molar refractivity (Wildman–Crippen MR) is 121 cm³/mol. The maximum Gasteiger partial charge on any atom is 0.138 e. The molecule has 1 N–H and O–H groups in total. The fourth-order valence-corrected chi connectivity index (χ4v) is 4.29. The molecule has 0 saturated carbocycles.